The molecule has 0 bridgehead atoms. The monoisotopic (exact) mass is 243 g/mol. The highest BCUT2D eigenvalue weighted by atomic mass is 16.6. The van der Waals surface area contributed by atoms with E-state index in [1.165, 1.54) is 0 Å². The minimum atomic E-state index is -0.833. The van der Waals surface area contributed by atoms with E-state index in [0.717, 1.165) is 19.9 Å². The number of nitrogens with zero attached hydrogens (tertiary/aromatic N) is 1. The summed E-state index contributed by atoms with van der Waals surface area (Å²) >= 11 is 0. The molecule has 1 N–H and O–H groups in total. The second kappa shape index (κ2) is 6.93. The first kappa shape index (κ1) is 15.5. The third-order valence-electron chi connectivity index (χ3n) is 1.71. The normalized spacial score (nSPS) is 14.7. The molecule has 17 heavy (non-hydrogen) atoms. The van der Waals surface area contributed by atoms with Gasteiger partial charge in [0, 0.05) is 20.0 Å². The maximum atomic E-state index is 11.5. The van der Waals surface area contributed by atoms with Crippen LogP contribution in [0.3, 0.4) is 0 Å². The summed E-state index contributed by atoms with van der Waals surface area (Å²) in [5.41, 5.74) is -0.391. The Morgan fingerprint density at radius 2 is 1.82 bits per heavy atom. The molecule has 1 aliphatic heterocycles. The molecule has 5 heteroatoms. The van der Waals surface area contributed by atoms with Crippen molar-refractivity contribution in [2.45, 2.75) is 39.7 Å². The molecular formula is C12H21NO4. The van der Waals surface area contributed by atoms with Crippen molar-refractivity contribution >= 4 is 12.1 Å². The van der Waals surface area contributed by atoms with Gasteiger partial charge in [-0.3, -0.25) is 4.79 Å². The third-order valence-corrected chi connectivity index (χ3v) is 1.71. The van der Waals surface area contributed by atoms with Gasteiger partial charge in [0.05, 0.1) is 0 Å². The Hall–Kier alpha value is -1.52. The number of carboxylic acid groups (broad SMARTS) is 1. The lowest BCUT2D eigenvalue weighted by molar-refractivity contribution is -0.134. The number of ether oxygens (including phenoxy) is 1. The Balaban J connectivity index is 0.000000557. The van der Waals surface area contributed by atoms with Crippen LogP contribution in [-0.2, 0) is 9.53 Å². The van der Waals surface area contributed by atoms with Gasteiger partial charge in [-0.05, 0) is 27.2 Å². The zero-order valence-electron chi connectivity index (χ0n) is 10.9. The molecule has 0 saturated heterocycles. The SMILES string of the molecule is CC(=O)O.CC(C)(C)OC(=O)N1CC=CCC1. The van der Waals surface area contributed by atoms with E-state index in [0.29, 0.717) is 6.54 Å². The van der Waals surface area contributed by atoms with Gasteiger partial charge in [0.15, 0.2) is 0 Å². The average molecular weight is 243 g/mol. The standard InChI is InChI=1S/C10H17NO2.C2H4O2/c1-10(2,3)13-9(12)11-7-5-4-6-8-11;1-2(3)4/h4-5H,6-8H2,1-3H3;1H3,(H,3,4). The van der Waals surface area contributed by atoms with Crippen molar-refractivity contribution in [3.8, 4) is 0 Å². The highest BCUT2D eigenvalue weighted by molar-refractivity contribution is 5.68. The smallest absolute Gasteiger partial charge is 0.410 e. The van der Waals surface area contributed by atoms with Crippen LogP contribution in [-0.4, -0.2) is 40.8 Å². The van der Waals surface area contributed by atoms with Gasteiger partial charge in [0.2, 0.25) is 0 Å². The molecule has 98 valence electrons. The van der Waals surface area contributed by atoms with Crippen molar-refractivity contribution in [1.29, 1.82) is 0 Å². The molecule has 0 radical (unpaired) electrons. The molecule has 0 spiro atoms. The van der Waals surface area contributed by atoms with E-state index >= 15 is 0 Å². The molecule has 0 saturated carbocycles. The summed E-state index contributed by atoms with van der Waals surface area (Å²) in [5.74, 6) is -0.833. The number of hydrogen-bond acceptors (Lipinski definition) is 3. The number of carboxylic acids is 1. The van der Waals surface area contributed by atoms with Gasteiger partial charge in [-0.1, -0.05) is 12.2 Å². The van der Waals surface area contributed by atoms with Crippen LogP contribution in [0.4, 0.5) is 4.79 Å². The Bertz CT molecular complexity index is 287. The van der Waals surface area contributed by atoms with Crippen LogP contribution in [0.25, 0.3) is 0 Å². The minimum Gasteiger partial charge on any atom is -0.481 e. The molecule has 0 aromatic carbocycles. The van der Waals surface area contributed by atoms with E-state index in [4.69, 9.17) is 14.6 Å². The largest absolute Gasteiger partial charge is 0.481 e. The van der Waals surface area contributed by atoms with Gasteiger partial charge < -0.3 is 14.7 Å². The maximum absolute atomic E-state index is 11.5. The second-order valence-electron chi connectivity index (χ2n) is 4.71. The van der Waals surface area contributed by atoms with E-state index in [1.54, 1.807) is 4.90 Å². The predicted molar refractivity (Wildman–Crippen MR) is 64.9 cm³/mol. The zero-order valence-corrected chi connectivity index (χ0v) is 10.9. The van der Waals surface area contributed by atoms with Crippen LogP contribution in [0.1, 0.15) is 34.1 Å². The summed E-state index contributed by atoms with van der Waals surface area (Å²) in [4.78, 5) is 22.2. The molecule has 0 unspecified atom stereocenters. The summed E-state index contributed by atoms with van der Waals surface area (Å²) < 4.78 is 5.23. The van der Waals surface area contributed by atoms with Crippen molar-refractivity contribution in [2.75, 3.05) is 13.1 Å². The highest BCUT2D eigenvalue weighted by Gasteiger charge is 2.21. The first-order chi connectivity index (χ1) is 7.72. The molecule has 0 aromatic rings. The number of carbonyl (C=O) groups is 2. The van der Waals surface area contributed by atoms with Crippen molar-refractivity contribution < 1.29 is 19.4 Å². The van der Waals surface area contributed by atoms with Crippen LogP contribution < -0.4 is 0 Å². The molecule has 1 rings (SSSR count). The summed E-state index contributed by atoms with van der Waals surface area (Å²) in [6, 6.07) is 0. The zero-order chi connectivity index (χ0) is 13.5. The molecule has 1 aliphatic rings. The second-order valence-corrected chi connectivity index (χ2v) is 4.71. The van der Waals surface area contributed by atoms with Crippen molar-refractivity contribution in [2.24, 2.45) is 0 Å². The van der Waals surface area contributed by atoms with Gasteiger partial charge in [-0.15, -0.1) is 0 Å². The van der Waals surface area contributed by atoms with Crippen LogP contribution in [0.5, 0.6) is 0 Å². The molecule has 0 aliphatic carbocycles. The number of hydrogen-bond donors (Lipinski definition) is 1. The highest BCUT2D eigenvalue weighted by Crippen LogP contribution is 2.11. The lowest BCUT2D eigenvalue weighted by Crippen LogP contribution is -2.38. The fourth-order valence-electron chi connectivity index (χ4n) is 1.13. The van der Waals surface area contributed by atoms with Gasteiger partial charge >= 0.3 is 6.09 Å². The molecule has 0 aromatic heterocycles. The first-order valence-electron chi connectivity index (χ1n) is 5.55. The Kier molecular flexibility index (Phi) is 6.31. The quantitative estimate of drug-likeness (QED) is 0.663. The van der Waals surface area contributed by atoms with Crippen molar-refractivity contribution in [1.82, 2.24) is 4.90 Å². The topological polar surface area (TPSA) is 66.8 Å². The number of amides is 1. The van der Waals surface area contributed by atoms with Crippen molar-refractivity contribution in [3.05, 3.63) is 12.2 Å². The van der Waals surface area contributed by atoms with Crippen molar-refractivity contribution in [3.63, 3.8) is 0 Å². The van der Waals surface area contributed by atoms with Crippen LogP contribution in [0.15, 0.2) is 12.2 Å². The van der Waals surface area contributed by atoms with Crippen LogP contribution in [0, 0.1) is 0 Å². The Morgan fingerprint density at radius 3 is 2.18 bits per heavy atom. The van der Waals surface area contributed by atoms with E-state index in [9.17, 15) is 4.79 Å². The Labute approximate surface area is 102 Å². The van der Waals surface area contributed by atoms with Crippen LogP contribution in [0.2, 0.25) is 0 Å². The molecule has 0 atom stereocenters. The van der Waals surface area contributed by atoms with Gasteiger partial charge in [-0.2, -0.15) is 0 Å². The minimum absolute atomic E-state index is 0.211. The molecule has 5 nitrogen and oxygen atoms in total. The lowest BCUT2D eigenvalue weighted by atomic mass is 10.2. The van der Waals surface area contributed by atoms with Gasteiger partial charge in [-0.25, -0.2) is 4.79 Å². The molecular weight excluding hydrogens is 222 g/mol. The Morgan fingerprint density at radius 1 is 1.29 bits per heavy atom. The summed E-state index contributed by atoms with van der Waals surface area (Å²) in [5, 5.41) is 7.42. The maximum Gasteiger partial charge on any atom is 0.410 e. The number of aliphatic carboxylic acids is 1. The summed E-state index contributed by atoms with van der Waals surface area (Å²) in [6.07, 6.45) is 4.80. The van der Waals surface area contributed by atoms with Gasteiger partial charge in [0.25, 0.3) is 5.97 Å². The van der Waals surface area contributed by atoms with Crippen LogP contribution >= 0.6 is 0 Å². The molecule has 1 amide bonds. The van der Waals surface area contributed by atoms with E-state index < -0.39 is 11.6 Å². The molecule has 1 heterocycles. The van der Waals surface area contributed by atoms with E-state index in [-0.39, 0.29) is 6.09 Å². The van der Waals surface area contributed by atoms with Gasteiger partial charge in [0.1, 0.15) is 5.60 Å². The fourth-order valence-corrected chi connectivity index (χ4v) is 1.13. The molecule has 0 fully saturated rings. The summed E-state index contributed by atoms with van der Waals surface area (Å²) in [7, 11) is 0. The fraction of sp³-hybridized carbons (Fsp3) is 0.667. The van der Waals surface area contributed by atoms with E-state index in [2.05, 4.69) is 6.08 Å². The average Bonchev–Trinajstić information content (AvgIpc) is 2.15. The summed E-state index contributed by atoms with van der Waals surface area (Å²) in [6.45, 7) is 8.17. The van der Waals surface area contributed by atoms with E-state index in [1.807, 2.05) is 26.8 Å². The lowest BCUT2D eigenvalue weighted by Gasteiger charge is -2.27. The number of carbonyl (C=O) groups excluding carboxylic acids is 1. The predicted octanol–water partition coefficient (Wildman–Crippen LogP) is 2.27. The first-order valence-corrected chi connectivity index (χ1v) is 5.55. The third kappa shape index (κ3) is 9.41. The number of rotatable bonds is 0.